The largest absolute Gasteiger partial charge is 0.324 e. The van der Waals surface area contributed by atoms with Gasteiger partial charge in [-0.05, 0) is 18.8 Å². The van der Waals surface area contributed by atoms with Gasteiger partial charge in [0.2, 0.25) is 0 Å². The Bertz CT molecular complexity index is 170. The zero-order chi connectivity index (χ0) is 9.31. The molecule has 0 bridgehead atoms. The molecular weight excluding hydrogens is 158 g/mol. The second-order valence-electron chi connectivity index (χ2n) is 5.56. The fraction of sp³-hybridized carbons (Fsp3) is 1.00. The minimum Gasteiger partial charge on any atom is -0.324 e. The summed E-state index contributed by atoms with van der Waals surface area (Å²) in [6, 6.07) is 1.01. The van der Waals surface area contributed by atoms with Crippen molar-refractivity contribution in [2.24, 2.45) is 5.92 Å². The van der Waals surface area contributed by atoms with E-state index in [2.05, 4.69) is 14.0 Å². The maximum Gasteiger partial charge on any atom is 0.0890 e. The van der Waals surface area contributed by atoms with Crippen LogP contribution >= 0.6 is 0 Å². The summed E-state index contributed by atoms with van der Waals surface area (Å²) in [5.74, 6) is 0.995. The van der Waals surface area contributed by atoms with Gasteiger partial charge in [0.05, 0.1) is 26.2 Å². The van der Waals surface area contributed by atoms with Gasteiger partial charge in [-0.1, -0.05) is 13.3 Å². The van der Waals surface area contributed by atoms with Crippen molar-refractivity contribution < 1.29 is 4.48 Å². The molecule has 1 heterocycles. The first-order valence-electron chi connectivity index (χ1n) is 6.05. The van der Waals surface area contributed by atoms with E-state index in [0.717, 1.165) is 12.0 Å². The molecule has 13 heavy (non-hydrogen) atoms. The second-order valence-corrected chi connectivity index (χ2v) is 5.56. The number of quaternary nitrogens is 1. The number of hydrogen-bond acceptors (Lipinski definition) is 0. The van der Waals surface area contributed by atoms with E-state index in [-0.39, 0.29) is 0 Å². The molecule has 1 saturated heterocycles. The van der Waals surface area contributed by atoms with Crippen LogP contribution in [0.5, 0.6) is 0 Å². The lowest BCUT2D eigenvalue weighted by molar-refractivity contribution is -0.923. The van der Waals surface area contributed by atoms with Crippen LogP contribution in [0.25, 0.3) is 0 Å². The van der Waals surface area contributed by atoms with Crippen molar-refractivity contribution in [1.29, 1.82) is 0 Å². The van der Waals surface area contributed by atoms with Crippen molar-refractivity contribution in [3.63, 3.8) is 0 Å². The van der Waals surface area contributed by atoms with Gasteiger partial charge in [0, 0.05) is 19.3 Å². The smallest absolute Gasteiger partial charge is 0.0890 e. The molecule has 0 N–H and O–H groups in total. The second kappa shape index (κ2) is 3.61. The molecule has 76 valence electrons. The standard InChI is InChI=1S/C12H24N/c1-11-6-5-7-12(10-11)13(2)8-3-4-9-13/h11-12H,3-10H2,1-2H3/q+1. The highest BCUT2D eigenvalue weighted by Crippen LogP contribution is 2.33. The van der Waals surface area contributed by atoms with Crippen LogP contribution in [-0.4, -0.2) is 30.7 Å². The maximum atomic E-state index is 2.50. The van der Waals surface area contributed by atoms with Gasteiger partial charge in [0.15, 0.2) is 0 Å². The molecule has 2 fully saturated rings. The van der Waals surface area contributed by atoms with Gasteiger partial charge in [0.25, 0.3) is 0 Å². The molecule has 0 aromatic rings. The van der Waals surface area contributed by atoms with Crippen LogP contribution in [0.15, 0.2) is 0 Å². The van der Waals surface area contributed by atoms with Gasteiger partial charge >= 0.3 is 0 Å². The van der Waals surface area contributed by atoms with Gasteiger partial charge in [0.1, 0.15) is 0 Å². The summed E-state index contributed by atoms with van der Waals surface area (Å²) in [4.78, 5) is 0. The van der Waals surface area contributed by atoms with Crippen molar-refractivity contribution in [3.8, 4) is 0 Å². The Labute approximate surface area is 82.7 Å². The van der Waals surface area contributed by atoms with E-state index in [0.29, 0.717) is 0 Å². The topological polar surface area (TPSA) is 0 Å². The monoisotopic (exact) mass is 182 g/mol. The molecule has 1 aliphatic carbocycles. The summed E-state index contributed by atoms with van der Waals surface area (Å²) in [6.07, 6.45) is 8.91. The molecule has 0 amide bonds. The molecule has 0 spiro atoms. The Morgan fingerprint density at radius 3 is 2.31 bits per heavy atom. The molecule has 1 heteroatoms. The summed E-state index contributed by atoms with van der Waals surface area (Å²) in [6.45, 7) is 5.35. The first kappa shape index (κ1) is 9.51. The highest BCUT2D eigenvalue weighted by atomic mass is 15.4. The molecule has 2 atom stereocenters. The van der Waals surface area contributed by atoms with Gasteiger partial charge in [-0.15, -0.1) is 0 Å². The zero-order valence-electron chi connectivity index (χ0n) is 9.26. The molecule has 0 radical (unpaired) electrons. The first-order chi connectivity index (χ1) is 6.21. The maximum absolute atomic E-state index is 2.50. The summed E-state index contributed by atoms with van der Waals surface area (Å²) < 4.78 is 1.41. The fourth-order valence-electron chi connectivity index (χ4n) is 3.39. The van der Waals surface area contributed by atoms with Gasteiger partial charge in [-0.3, -0.25) is 0 Å². The van der Waals surface area contributed by atoms with E-state index < -0.39 is 0 Å². The minimum atomic E-state index is 0.995. The molecule has 2 aliphatic rings. The van der Waals surface area contributed by atoms with Gasteiger partial charge in [-0.25, -0.2) is 0 Å². The van der Waals surface area contributed by atoms with Gasteiger partial charge < -0.3 is 4.48 Å². The summed E-state index contributed by atoms with van der Waals surface area (Å²) >= 11 is 0. The minimum absolute atomic E-state index is 0.995. The molecule has 0 aromatic heterocycles. The van der Waals surface area contributed by atoms with Crippen LogP contribution in [0.3, 0.4) is 0 Å². The number of likely N-dealkylation sites (tertiary alicyclic amines) is 1. The quantitative estimate of drug-likeness (QED) is 0.547. The van der Waals surface area contributed by atoms with Crippen LogP contribution < -0.4 is 0 Å². The summed E-state index contributed by atoms with van der Waals surface area (Å²) in [5, 5.41) is 0. The lowest BCUT2D eigenvalue weighted by Crippen LogP contribution is -2.51. The Kier molecular flexibility index (Phi) is 2.64. The Morgan fingerprint density at radius 2 is 1.69 bits per heavy atom. The molecular formula is C12H24N+. The zero-order valence-corrected chi connectivity index (χ0v) is 9.26. The predicted octanol–water partition coefficient (Wildman–Crippen LogP) is 2.81. The average molecular weight is 182 g/mol. The number of nitrogens with zero attached hydrogens (tertiary/aromatic N) is 1. The van der Waals surface area contributed by atoms with Crippen LogP contribution in [0.2, 0.25) is 0 Å². The van der Waals surface area contributed by atoms with Crippen molar-refractivity contribution in [2.75, 3.05) is 20.1 Å². The van der Waals surface area contributed by atoms with Crippen molar-refractivity contribution in [2.45, 2.75) is 51.5 Å². The van der Waals surface area contributed by atoms with E-state index in [9.17, 15) is 0 Å². The van der Waals surface area contributed by atoms with Crippen LogP contribution in [0.1, 0.15) is 45.4 Å². The van der Waals surface area contributed by atoms with Crippen LogP contribution in [0, 0.1) is 5.92 Å². The molecule has 0 aromatic carbocycles. The molecule has 2 unspecified atom stereocenters. The van der Waals surface area contributed by atoms with Gasteiger partial charge in [-0.2, -0.15) is 0 Å². The Hall–Kier alpha value is -0.0400. The first-order valence-corrected chi connectivity index (χ1v) is 6.05. The van der Waals surface area contributed by atoms with E-state index in [1.807, 2.05) is 0 Å². The number of hydrogen-bond donors (Lipinski definition) is 0. The van der Waals surface area contributed by atoms with Crippen molar-refractivity contribution in [1.82, 2.24) is 0 Å². The van der Waals surface area contributed by atoms with E-state index in [1.54, 1.807) is 0 Å². The van der Waals surface area contributed by atoms with E-state index in [1.165, 1.54) is 56.1 Å². The highest BCUT2D eigenvalue weighted by molar-refractivity contribution is 4.73. The Balaban J connectivity index is 1.98. The molecule has 2 rings (SSSR count). The van der Waals surface area contributed by atoms with E-state index >= 15 is 0 Å². The molecule has 1 nitrogen and oxygen atoms in total. The average Bonchev–Trinajstić information content (AvgIpc) is 2.54. The Morgan fingerprint density at radius 1 is 1.00 bits per heavy atom. The predicted molar refractivity (Wildman–Crippen MR) is 56.6 cm³/mol. The molecule has 1 aliphatic heterocycles. The SMILES string of the molecule is CC1CCCC([N+]2(C)CCCC2)C1. The third kappa shape index (κ3) is 1.90. The van der Waals surface area contributed by atoms with Crippen molar-refractivity contribution >= 4 is 0 Å². The lowest BCUT2D eigenvalue weighted by Gasteiger charge is -2.41. The highest BCUT2D eigenvalue weighted by Gasteiger charge is 2.37. The third-order valence-electron chi connectivity index (χ3n) is 4.38. The normalized spacial score (nSPS) is 39.2. The summed E-state index contributed by atoms with van der Waals surface area (Å²) in [7, 11) is 2.50. The van der Waals surface area contributed by atoms with Crippen LogP contribution in [-0.2, 0) is 0 Å². The van der Waals surface area contributed by atoms with Crippen molar-refractivity contribution in [3.05, 3.63) is 0 Å². The van der Waals surface area contributed by atoms with E-state index in [4.69, 9.17) is 0 Å². The molecule has 1 saturated carbocycles. The lowest BCUT2D eigenvalue weighted by atomic mass is 9.85. The fourth-order valence-corrected chi connectivity index (χ4v) is 3.39. The number of rotatable bonds is 1. The summed E-state index contributed by atoms with van der Waals surface area (Å²) in [5.41, 5.74) is 0. The van der Waals surface area contributed by atoms with Crippen LogP contribution in [0.4, 0.5) is 0 Å². The third-order valence-corrected chi connectivity index (χ3v) is 4.38.